The standard InChI is InChI=1S/C20H21N3O2/c1-13-9-11-23(15-6-7-15)20(25)18(13)19(24)21-10-8-14-12-22-17-5-3-2-4-16(14)17/h2-5,9,11-12,15,22H,6-8,10H2,1H3,(H,21,24). The Hall–Kier alpha value is -2.82. The summed E-state index contributed by atoms with van der Waals surface area (Å²) in [7, 11) is 0. The van der Waals surface area contributed by atoms with Crippen LogP contribution < -0.4 is 10.9 Å². The third-order valence-electron chi connectivity index (χ3n) is 4.85. The highest BCUT2D eigenvalue weighted by molar-refractivity contribution is 5.95. The van der Waals surface area contributed by atoms with Gasteiger partial charge in [0.05, 0.1) is 0 Å². The van der Waals surface area contributed by atoms with Gasteiger partial charge in [0.25, 0.3) is 11.5 Å². The average molecular weight is 335 g/mol. The first-order valence-corrected chi connectivity index (χ1v) is 8.70. The SMILES string of the molecule is Cc1ccn(C2CC2)c(=O)c1C(=O)NCCc1c[nH]c2ccccc12. The van der Waals surface area contributed by atoms with E-state index in [-0.39, 0.29) is 23.1 Å². The van der Waals surface area contributed by atoms with E-state index in [1.807, 2.05) is 37.4 Å². The van der Waals surface area contributed by atoms with Gasteiger partial charge in [0.1, 0.15) is 5.56 Å². The molecular formula is C20H21N3O2. The Bertz CT molecular complexity index is 996. The number of aromatic nitrogens is 2. The Morgan fingerprint density at radius 2 is 2.08 bits per heavy atom. The van der Waals surface area contributed by atoms with Crippen molar-refractivity contribution in [2.24, 2.45) is 0 Å². The van der Waals surface area contributed by atoms with Crippen molar-refractivity contribution >= 4 is 16.8 Å². The number of nitrogens with one attached hydrogen (secondary N) is 2. The molecule has 1 aromatic carbocycles. The van der Waals surface area contributed by atoms with Gasteiger partial charge in [-0.05, 0) is 49.4 Å². The van der Waals surface area contributed by atoms with E-state index in [2.05, 4.69) is 16.4 Å². The lowest BCUT2D eigenvalue weighted by molar-refractivity contribution is 0.0951. The van der Waals surface area contributed by atoms with Crippen LogP contribution in [0.5, 0.6) is 0 Å². The Morgan fingerprint density at radius 1 is 1.28 bits per heavy atom. The first-order valence-electron chi connectivity index (χ1n) is 8.70. The van der Waals surface area contributed by atoms with Crippen LogP contribution in [0.4, 0.5) is 0 Å². The zero-order valence-electron chi connectivity index (χ0n) is 14.2. The summed E-state index contributed by atoms with van der Waals surface area (Å²) in [6.45, 7) is 2.31. The summed E-state index contributed by atoms with van der Waals surface area (Å²) in [6.07, 6.45) is 6.54. The monoisotopic (exact) mass is 335 g/mol. The quantitative estimate of drug-likeness (QED) is 0.753. The molecule has 0 aliphatic heterocycles. The van der Waals surface area contributed by atoms with Gasteiger partial charge in [-0.15, -0.1) is 0 Å². The van der Waals surface area contributed by atoms with Gasteiger partial charge >= 0.3 is 0 Å². The first-order chi connectivity index (χ1) is 12.1. The number of rotatable bonds is 5. The molecule has 5 nitrogen and oxygen atoms in total. The Balaban J connectivity index is 1.48. The molecule has 0 atom stereocenters. The molecule has 3 aromatic rings. The maximum absolute atomic E-state index is 12.6. The molecule has 0 saturated heterocycles. The highest BCUT2D eigenvalue weighted by Gasteiger charge is 2.26. The fourth-order valence-electron chi connectivity index (χ4n) is 3.29. The fraction of sp³-hybridized carbons (Fsp3) is 0.300. The van der Waals surface area contributed by atoms with Crippen LogP contribution in [0, 0.1) is 6.92 Å². The highest BCUT2D eigenvalue weighted by Crippen LogP contribution is 2.33. The minimum atomic E-state index is -0.280. The van der Waals surface area contributed by atoms with Gasteiger partial charge in [-0.3, -0.25) is 9.59 Å². The van der Waals surface area contributed by atoms with Crippen LogP contribution in [-0.4, -0.2) is 22.0 Å². The van der Waals surface area contributed by atoms with Crippen LogP contribution in [0.1, 0.15) is 40.4 Å². The zero-order valence-corrected chi connectivity index (χ0v) is 14.2. The van der Waals surface area contributed by atoms with Crippen LogP contribution in [0.15, 0.2) is 47.5 Å². The lowest BCUT2D eigenvalue weighted by atomic mass is 10.1. The van der Waals surface area contributed by atoms with E-state index in [0.717, 1.165) is 35.9 Å². The van der Waals surface area contributed by atoms with Crippen molar-refractivity contribution in [1.29, 1.82) is 0 Å². The predicted octanol–water partition coefficient (Wildman–Crippen LogP) is 2.95. The number of benzene rings is 1. The molecule has 0 bridgehead atoms. The van der Waals surface area contributed by atoms with Crippen LogP contribution in [0.2, 0.25) is 0 Å². The third kappa shape index (κ3) is 2.97. The molecule has 4 rings (SSSR count). The van der Waals surface area contributed by atoms with E-state index in [4.69, 9.17) is 0 Å². The molecule has 5 heteroatoms. The maximum Gasteiger partial charge on any atom is 0.263 e. The number of amides is 1. The first kappa shape index (κ1) is 15.7. The molecule has 2 N–H and O–H groups in total. The molecule has 1 aliphatic rings. The van der Waals surface area contributed by atoms with E-state index in [1.165, 1.54) is 5.39 Å². The summed E-state index contributed by atoms with van der Waals surface area (Å²) in [5.74, 6) is -0.280. The highest BCUT2D eigenvalue weighted by atomic mass is 16.2. The minimum absolute atomic E-state index is 0.174. The van der Waals surface area contributed by atoms with Crippen molar-refractivity contribution in [2.45, 2.75) is 32.2 Å². The molecule has 2 heterocycles. The number of carbonyl (C=O) groups excluding carboxylic acids is 1. The van der Waals surface area contributed by atoms with E-state index < -0.39 is 0 Å². The lowest BCUT2D eigenvalue weighted by Crippen LogP contribution is -2.34. The number of pyridine rings is 1. The largest absolute Gasteiger partial charge is 0.361 e. The molecule has 2 aromatic heterocycles. The summed E-state index contributed by atoms with van der Waals surface area (Å²) >= 11 is 0. The van der Waals surface area contributed by atoms with Crippen LogP contribution in [0.25, 0.3) is 10.9 Å². The van der Waals surface area contributed by atoms with Gasteiger partial charge in [-0.25, -0.2) is 0 Å². The van der Waals surface area contributed by atoms with Gasteiger partial charge in [0.2, 0.25) is 0 Å². The summed E-state index contributed by atoms with van der Waals surface area (Å²) in [5, 5.41) is 4.07. The number of aryl methyl sites for hydroxylation is 1. The van der Waals surface area contributed by atoms with E-state index in [1.54, 1.807) is 10.8 Å². The van der Waals surface area contributed by atoms with Crippen molar-refractivity contribution in [3.63, 3.8) is 0 Å². The van der Waals surface area contributed by atoms with Crippen molar-refractivity contribution < 1.29 is 4.79 Å². The molecule has 1 aliphatic carbocycles. The van der Waals surface area contributed by atoms with Gasteiger partial charge in [0, 0.05) is 35.9 Å². The number of hydrogen-bond acceptors (Lipinski definition) is 2. The van der Waals surface area contributed by atoms with Crippen LogP contribution in [-0.2, 0) is 6.42 Å². The molecule has 25 heavy (non-hydrogen) atoms. The van der Waals surface area contributed by atoms with Crippen molar-refractivity contribution in [3.8, 4) is 0 Å². The minimum Gasteiger partial charge on any atom is -0.361 e. The Morgan fingerprint density at radius 3 is 2.88 bits per heavy atom. The predicted molar refractivity (Wildman–Crippen MR) is 98.0 cm³/mol. The number of nitrogens with zero attached hydrogens (tertiary/aromatic N) is 1. The number of para-hydroxylation sites is 1. The fourth-order valence-corrected chi connectivity index (χ4v) is 3.29. The molecule has 1 amide bonds. The summed E-state index contributed by atoms with van der Waals surface area (Å²) in [6, 6.07) is 10.2. The van der Waals surface area contributed by atoms with Gasteiger partial charge in [0.15, 0.2) is 0 Å². The van der Waals surface area contributed by atoms with E-state index in [9.17, 15) is 9.59 Å². The number of fused-ring (bicyclic) bond motifs is 1. The second-order valence-electron chi connectivity index (χ2n) is 6.68. The molecule has 1 fully saturated rings. The van der Waals surface area contributed by atoms with E-state index >= 15 is 0 Å². The number of H-pyrrole nitrogens is 1. The van der Waals surface area contributed by atoms with Gasteiger partial charge < -0.3 is 14.9 Å². The number of aromatic amines is 1. The molecular weight excluding hydrogens is 314 g/mol. The Kier molecular flexibility index (Phi) is 3.92. The van der Waals surface area contributed by atoms with Gasteiger partial charge in [-0.2, -0.15) is 0 Å². The van der Waals surface area contributed by atoms with Crippen LogP contribution in [0.3, 0.4) is 0 Å². The number of hydrogen-bond donors (Lipinski definition) is 2. The molecule has 0 radical (unpaired) electrons. The second-order valence-corrected chi connectivity index (χ2v) is 6.68. The van der Waals surface area contributed by atoms with Crippen LogP contribution >= 0.6 is 0 Å². The maximum atomic E-state index is 12.6. The van der Waals surface area contributed by atoms with Crippen molar-refractivity contribution in [1.82, 2.24) is 14.9 Å². The van der Waals surface area contributed by atoms with Gasteiger partial charge in [-0.1, -0.05) is 18.2 Å². The van der Waals surface area contributed by atoms with Crippen molar-refractivity contribution in [2.75, 3.05) is 6.54 Å². The normalized spacial score (nSPS) is 14.0. The number of carbonyl (C=O) groups is 1. The average Bonchev–Trinajstić information content (AvgIpc) is 3.36. The van der Waals surface area contributed by atoms with Crippen molar-refractivity contribution in [3.05, 3.63) is 69.8 Å². The summed E-state index contributed by atoms with van der Waals surface area (Å²) in [5.41, 5.74) is 3.08. The molecule has 128 valence electrons. The Labute approximate surface area is 145 Å². The molecule has 0 spiro atoms. The topological polar surface area (TPSA) is 66.9 Å². The summed E-state index contributed by atoms with van der Waals surface area (Å²) in [4.78, 5) is 28.4. The van der Waals surface area contributed by atoms with E-state index in [0.29, 0.717) is 6.54 Å². The smallest absolute Gasteiger partial charge is 0.263 e. The zero-order chi connectivity index (χ0) is 17.4. The lowest BCUT2D eigenvalue weighted by Gasteiger charge is -2.10. The second kappa shape index (κ2) is 6.24. The molecule has 0 unspecified atom stereocenters. The summed E-state index contributed by atoms with van der Waals surface area (Å²) < 4.78 is 1.70. The third-order valence-corrected chi connectivity index (χ3v) is 4.85. The molecule has 1 saturated carbocycles.